The highest BCUT2D eigenvalue weighted by molar-refractivity contribution is 5.65. The average Bonchev–Trinajstić information content (AvgIpc) is 0.762. The van der Waals surface area contributed by atoms with Crippen LogP contribution in [0.4, 0.5) is 0 Å². The van der Waals surface area contributed by atoms with Gasteiger partial charge < -0.3 is 0 Å². The number of hydrogen-bond donors (Lipinski definition) is 0. The number of aryl methyl sites for hydroxylation is 13. The largest absolute Gasteiger partial charge is 0.212 e. The van der Waals surface area contributed by atoms with E-state index in [1.54, 1.807) is 42.5 Å². The first-order valence-electron chi connectivity index (χ1n) is 36.1. The Kier molecular flexibility index (Phi) is 17.0. The molecule has 0 aliphatic carbocycles. The maximum absolute atomic E-state index is 8.25. The second-order valence-electron chi connectivity index (χ2n) is 22.1. The summed E-state index contributed by atoms with van der Waals surface area (Å²) in [5.74, 6) is -3.28. The van der Waals surface area contributed by atoms with Gasteiger partial charge in [-0.2, -0.15) is 0 Å². The fourth-order valence-electron chi connectivity index (χ4n) is 10.2. The predicted octanol–water partition coefficient (Wildman–Crippen LogP) is 17.1. The standard InChI is InChI=1S/2C17H22N.C16H20N.C15H18N.C14H16N/c1-12(2)16-11-18(5)17(10-14(16)4)15-9-7-6-8-13(15)3;1-13(2)11-15-8-9-16(14(3)12-15)17-7-5-6-10-18(17)4;1-12(2)14-8-9-15(13(3)11-14)16-7-5-6-10-17(16)4;1-4-13-8-9-14(12(2)11-13)15-7-5-6-10-16(15)3;1-11-7-8-12(2)13(10-11)14-6-4-5-9-15(14)3/h6-12H,1-5H3;5-10,12-13H,11H2,1-4H3;5-12H,1-4H3;5-11H,4H2,1-3H3;4-10H,1-3H3/q5*+1/i;1D3,11D2,13D;1D3,12D;1D3,4D2;. The van der Waals surface area contributed by atoms with E-state index in [1.807, 2.05) is 141 Å². The molecule has 5 heterocycles. The predicted molar refractivity (Wildman–Crippen MR) is 355 cm³/mol. The van der Waals surface area contributed by atoms with Gasteiger partial charge in [0.1, 0.15) is 35.2 Å². The Labute approximate surface area is 528 Å². The molecule has 2 unspecified atom stereocenters. The second kappa shape index (κ2) is 30.9. The first kappa shape index (κ1) is 46.3. The molecule has 5 aromatic carbocycles. The third-order valence-corrected chi connectivity index (χ3v) is 14.9. The summed E-state index contributed by atoms with van der Waals surface area (Å²) in [6.07, 6.45) is 5.52. The molecule has 10 rings (SSSR count). The van der Waals surface area contributed by atoms with Gasteiger partial charge in [-0.25, -0.2) is 22.8 Å². The fourth-order valence-corrected chi connectivity index (χ4v) is 10.2. The average molecular weight is 1130 g/mol. The van der Waals surface area contributed by atoms with Gasteiger partial charge in [-0.1, -0.05) is 121 Å². The quantitative estimate of drug-likeness (QED) is 0.122. The van der Waals surface area contributed by atoms with Gasteiger partial charge >= 0.3 is 0 Å². The van der Waals surface area contributed by atoms with Crippen LogP contribution in [0.1, 0.15) is 142 Å². The van der Waals surface area contributed by atoms with Gasteiger partial charge in [-0.15, -0.1) is 0 Å². The Morgan fingerprint density at radius 1 is 0.393 bits per heavy atom. The highest BCUT2D eigenvalue weighted by atomic mass is 14.9. The fraction of sp³-hybridized carbons (Fsp3) is 0.304. The Bertz CT molecular complexity index is 4310. The van der Waals surface area contributed by atoms with Gasteiger partial charge in [-0.05, 0) is 184 Å². The molecule has 2 atom stereocenters. The molecule has 84 heavy (non-hydrogen) atoms. The molecular formula is C79H98N5+5. The van der Waals surface area contributed by atoms with Crippen molar-refractivity contribution < 1.29 is 43.4 Å². The van der Waals surface area contributed by atoms with E-state index in [1.165, 1.54) is 57.3 Å². The number of hydrogen-bond acceptors (Lipinski definition) is 0. The molecule has 5 aromatic heterocycles. The molecular weight excluding hydrogens is 1020 g/mol. The second-order valence-corrected chi connectivity index (χ2v) is 22.1. The zero-order chi connectivity index (χ0) is 74.1. The summed E-state index contributed by atoms with van der Waals surface area (Å²) in [5, 5.41) is 0. The molecule has 0 aliphatic rings. The van der Waals surface area contributed by atoms with Crippen LogP contribution in [0.15, 0.2) is 207 Å². The maximum Gasteiger partial charge on any atom is 0.212 e. The van der Waals surface area contributed by atoms with E-state index in [9.17, 15) is 0 Å². The number of pyridine rings is 5. The lowest BCUT2D eigenvalue weighted by Gasteiger charge is -2.11. The van der Waals surface area contributed by atoms with Crippen molar-refractivity contribution in [2.24, 2.45) is 41.1 Å². The minimum Gasteiger partial charge on any atom is -0.201 e. The van der Waals surface area contributed by atoms with Crippen molar-refractivity contribution in [3.8, 4) is 56.3 Å². The molecule has 0 aliphatic heterocycles. The van der Waals surface area contributed by atoms with Gasteiger partial charge in [0.2, 0.25) is 28.5 Å². The van der Waals surface area contributed by atoms with E-state index in [-0.39, 0.29) is 11.1 Å². The van der Waals surface area contributed by atoms with Gasteiger partial charge in [0.15, 0.2) is 31.0 Å². The highest BCUT2D eigenvalue weighted by Crippen LogP contribution is 2.28. The third-order valence-electron chi connectivity index (χ3n) is 14.9. The van der Waals surface area contributed by atoms with Crippen LogP contribution in [0.2, 0.25) is 0 Å². The molecule has 5 nitrogen and oxygen atoms in total. The SMILES string of the molecule is Cc1ccc(C)c(-c2cccc[n+]2C)c1.Cc1ccccc1-c1cc(C)c(C(C)C)c[n+]1C.[2H]C([2H])([2H])C([2H])(C)C([2H])([2H])c1ccc(-c2cccc[n+]2C)c(C)c1.[2H]C([2H])([2H])C([2H])(C)c1ccc(-c2cccc[n+]2C)c(C)c1.[2H]C([2H])([2H])C([2H])([2H])c1ccc(-c2cccc[n+]2C)c(C)c1. The Morgan fingerprint density at radius 3 is 1.31 bits per heavy atom. The van der Waals surface area contributed by atoms with Gasteiger partial charge in [0.25, 0.3) is 0 Å². The van der Waals surface area contributed by atoms with Crippen molar-refractivity contribution in [3.63, 3.8) is 0 Å². The third kappa shape index (κ3) is 17.7. The molecule has 0 bridgehead atoms. The number of nitrogens with zero attached hydrogens (tertiary/aromatic N) is 5. The summed E-state index contributed by atoms with van der Waals surface area (Å²) in [5.41, 5.74) is 21.5. The normalized spacial score (nSPS) is 15.6. The molecule has 0 radical (unpaired) electrons. The Hall–Kier alpha value is -8.15. The molecule has 0 N–H and O–H groups in total. The molecule has 0 saturated carbocycles. The van der Waals surface area contributed by atoms with Crippen molar-refractivity contribution in [1.29, 1.82) is 0 Å². The van der Waals surface area contributed by atoms with Crippen LogP contribution in [0.3, 0.4) is 0 Å². The lowest BCUT2D eigenvalue weighted by atomic mass is 9.96. The first-order chi connectivity index (χ1) is 45.9. The molecule has 5 heteroatoms. The summed E-state index contributed by atoms with van der Waals surface area (Å²) >= 11 is 0. The van der Waals surface area contributed by atoms with Gasteiger partial charge in [0, 0.05) is 109 Å². The van der Waals surface area contributed by atoms with Crippen molar-refractivity contribution in [2.45, 2.75) is 121 Å². The smallest absolute Gasteiger partial charge is 0.201 e. The highest BCUT2D eigenvalue weighted by Gasteiger charge is 2.18. The number of benzene rings is 5. The Balaban J connectivity index is 0.000000196. The monoisotopic (exact) mass is 1130 g/mol. The van der Waals surface area contributed by atoms with Crippen molar-refractivity contribution in [3.05, 3.63) is 268 Å². The first-order valence-corrected chi connectivity index (χ1v) is 28.6. The maximum atomic E-state index is 8.25. The van der Waals surface area contributed by atoms with Gasteiger partial charge in [0.05, 0.1) is 0 Å². The minimum absolute atomic E-state index is 0.183. The molecule has 10 aromatic rings. The van der Waals surface area contributed by atoms with Crippen LogP contribution in [0.5, 0.6) is 0 Å². The Morgan fingerprint density at radius 2 is 0.845 bits per heavy atom. The molecule has 0 spiro atoms. The lowest BCUT2D eigenvalue weighted by Crippen LogP contribution is -2.32. The topological polar surface area (TPSA) is 19.4 Å². The van der Waals surface area contributed by atoms with Crippen LogP contribution < -0.4 is 22.8 Å². The van der Waals surface area contributed by atoms with E-state index in [2.05, 4.69) is 144 Å². The summed E-state index contributed by atoms with van der Waals surface area (Å²) < 4.78 is 126. The minimum atomic E-state index is -2.73. The van der Waals surface area contributed by atoms with Crippen molar-refractivity contribution in [1.82, 2.24) is 0 Å². The summed E-state index contributed by atoms with van der Waals surface area (Å²) in [6, 6.07) is 56.7. The molecule has 434 valence electrons. The zero-order valence-corrected chi connectivity index (χ0v) is 52.4. The van der Waals surface area contributed by atoms with Crippen molar-refractivity contribution in [2.75, 3.05) is 0 Å². The summed E-state index contributed by atoms with van der Waals surface area (Å²) in [6.45, 7) is 13.6. The number of rotatable bonds is 10. The van der Waals surface area contributed by atoms with E-state index in [0.717, 1.165) is 57.4 Å². The van der Waals surface area contributed by atoms with Gasteiger partial charge in [-0.3, -0.25) is 0 Å². The van der Waals surface area contributed by atoms with Crippen LogP contribution in [-0.2, 0) is 48.0 Å². The molecule has 0 saturated heterocycles. The zero-order valence-electron chi connectivity index (χ0n) is 67.4. The van der Waals surface area contributed by atoms with Crippen LogP contribution >= 0.6 is 0 Å². The van der Waals surface area contributed by atoms with E-state index in [4.69, 9.17) is 20.6 Å². The van der Waals surface area contributed by atoms with Crippen LogP contribution in [-0.4, -0.2) is 0 Å². The van der Waals surface area contributed by atoms with Crippen molar-refractivity contribution >= 4 is 0 Å². The van der Waals surface area contributed by atoms with E-state index < -0.39 is 45.1 Å². The van der Waals surface area contributed by atoms with Crippen LogP contribution in [0, 0.1) is 54.4 Å². The summed E-state index contributed by atoms with van der Waals surface area (Å²) in [7, 11) is 10.0. The molecule has 0 amide bonds. The summed E-state index contributed by atoms with van der Waals surface area (Å²) in [4.78, 5) is 0. The van der Waals surface area contributed by atoms with E-state index >= 15 is 0 Å². The lowest BCUT2D eigenvalue weighted by molar-refractivity contribution is -0.661. The number of aromatic nitrogens is 5. The molecule has 0 fully saturated rings. The van der Waals surface area contributed by atoms with E-state index in [0.29, 0.717) is 11.5 Å². The van der Waals surface area contributed by atoms with Crippen LogP contribution in [0.25, 0.3) is 56.3 Å².